The summed E-state index contributed by atoms with van der Waals surface area (Å²) < 4.78 is 12.8. The smallest absolute Gasteiger partial charge is 0.125 e. The van der Waals surface area contributed by atoms with Gasteiger partial charge in [0.2, 0.25) is 0 Å². The molecule has 1 aromatic heterocycles. The van der Waals surface area contributed by atoms with Gasteiger partial charge in [0.1, 0.15) is 12.5 Å². The van der Waals surface area contributed by atoms with E-state index in [1.165, 1.54) is 5.56 Å². The average molecular weight is 285 g/mol. The Hall–Kier alpha value is -1.97. The number of alkyl halides is 1. The van der Waals surface area contributed by atoms with Crippen molar-refractivity contribution in [2.75, 3.05) is 24.7 Å². The molecule has 0 atom stereocenters. The van der Waals surface area contributed by atoms with Crippen molar-refractivity contribution in [3.05, 3.63) is 42.0 Å². The Labute approximate surface area is 124 Å². The van der Waals surface area contributed by atoms with E-state index in [9.17, 15) is 4.39 Å². The Bertz CT molecular complexity index is 650. The van der Waals surface area contributed by atoms with E-state index in [1.54, 1.807) is 0 Å². The maximum atomic E-state index is 12.8. The summed E-state index contributed by atoms with van der Waals surface area (Å²) in [5.74, 6) is 0.764. The molecule has 1 aliphatic heterocycles. The molecule has 21 heavy (non-hydrogen) atoms. The third kappa shape index (κ3) is 2.50. The summed E-state index contributed by atoms with van der Waals surface area (Å²) >= 11 is 0. The van der Waals surface area contributed by atoms with Gasteiger partial charge in [-0.3, -0.25) is 0 Å². The molecule has 110 valence electrons. The largest absolute Gasteiger partial charge is 0.368 e. The quantitative estimate of drug-likeness (QED) is 0.864. The second kappa shape index (κ2) is 5.10. The molecular weight excluding hydrogens is 265 g/mol. The van der Waals surface area contributed by atoms with Crippen molar-refractivity contribution in [1.29, 1.82) is 0 Å². The van der Waals surface area contributed by atoms with Crippen LogP contribution in [-0.4, -0.2) is 29.7 Å². The highest BCUT2D eigenvalue weighted by atomic mass is 19.1. The number of aryl methyl sites for hydroxylation is 1. The molecule has 0 saturated carbocycles. The first-order valence-corrected chi connectivity index (χ1v) is 7.26. The highest BCUT2D eigenvalue weighted by Crippen LogP contribution is 2.42. The zero-order chi connectivity index (χ0) is 15.0. The van der Waals surface area contributed by atoms with E-state index in [0.717, 1.165) is 29.2 Å². The predicted octanol–water partition coefficient (Wildman–Crippen LogP) is 3.52. The molecule has 0 N–H and O–H groups in total. The van der Waals surface area contributed by atoms with Crippen LogP contribution >= 0.6 is 0 Å². The van der Waals surface area contributed by atoms with E-state index < -0.39 is 0 Å². The first-order valence-electron chi connectivity index (χ1n) is 7.26. The number of aromatic nitrogens is 2. The molecule has 4 heteroatoms. The van der Waals surface area contributed by atoms with Crippen LogP contribution in [0.2, 0.25) is 0 Å². The molecule has 1 aliphatic rings. The van der Waals surface area contributed by atoms with Crippen molar-refractivity contribution < 1.29 is 4.39 Å². The monoisotopic (exact) mass is 285 g/mol. The Morgan fingerprint density at radius 2 is 1.90 bits per heavy atom. The van der Waals surface area contributed by atoms with E-state index in [0.29, 0.717) is 6.54 Å². The Kier molecular flexibility index (Phi) is 3.40. The normalized spacial score (nSPS) is 16.1. The molecule has 0 aliphatic carbocycles. The first kappa shape index (κ1) is 14.0. The van der Waals surface area contributed by atoms with Crippen LogP contribution in [0.3, 0.4) is 0 Å². The summed E-state index contributed by atoms with van der Waals surface area (Å²) in [5.41, 5.74) is 4.55. The zero-order valence-corrected chi connectivity index (χ0v) is 12.7. The van der Waals surface area contributed by atoms with Gasteiger partial charge in [0.15, 0.2) is 0 Å². The molecular formula is C17H20FN3. The van der Waals surface area contributed by atoms with Crippen LogP contribution in [0, 0.1) is 6.92 Å². The maximum Gasteiger partial charge on any atom is 0.125 e. The van der Waals surface area contributed by atoms with Crippen molar-refractivity contribution in [2.45, 2.75) is 26.2 Å². The van der Waals surface area contributed by atoms with Gasteiger partial charge in [0.25, 0.3) is 0 Å². The number of nitrogens with zero attached hydrogens (tertiary/aromatic N) is 3. The number of benzene rings is 1. The van der Waals surface area contributed by atoms with Gasteiger partial charge in [-0.25, -0.2) is 14.4 Å². The van der Waals surface area contributed by atoms with Gasteiger partial charge in [-0.05, 0) is 24.1 Å². The molecule has 0 radical (unpaired) electrons. The summed E-state index contributed by atoms with van der Waals surface area (Å²) in [6.45, 7) is 7.27. The Balaban J connectivity index is 2.04. The topological polar surface area (TPSA) is 29.0 Å². The van der Waals surface area contributed by atoms with Crippen LogP contribution in [0.1, 0.15) is 25.2 Å². The molecule has 1 aromatic carbocycles. The summed E-state index contributed by atoms with van der Waals surface area (Å²) in [7, 11) is 0. The zero-order valence-electron chi connectivity index (χ0n) is 12.7. The molecule has 3 nitrogen and oxygen atoms in total. The van der Waals surface area contributed by atoms with Crippen molar-refractivity contribution in [1.82, 2.24) is 9.97 Å². The molecule has 0 saturated heterocycles. The molecule has 0 bridgehead atoms. The Morgan fingerprint density at radius 1 is 1.19 bits per heavy atom. The molecule has 0 spiro atoms. The van der Waals surface area contributed by atoms with E-state index in [2.05, 4.69) is 46.9 Å². The van der Waals surface area contributed by atoms with E-state index >= 15 is 0 Å². The van der Waals surface area contributed by atoms with E-state index in [4.69, 9.17) is 0 Å². The summed E-state index contributed by atoms with van der Waals surface area (Å²) in [4.78, 5) is 10.6. The first-order chi connectivity index (χ1) is 10.0. The van der Waals surface area contributed by atoms with Crippen molar-refractivity contribution in [3.8, 4) is 11.1 Å². The van der Waals surface area contributed by atoms with Crippen LogP contribution in [0.15, 0.2) is 30.6 Å². The van der Waals surface area contributed by atoms with Gasteiger partial charge < -0.3 is 4.90 Å². The third-order valence-corrected chi connectivity index (χ3v) is 4.12. The lowest BCUT2D eigenvalue weighted by molar-refractivity contribution is 0.475. The van der Waals surface area contributed by atoms with Gasteiger partial charge in [-0.15, -0.1) is 0 Å². The molecule has 0 amide bonds. The van der Waals surface area contributed by atoms with E-state index in [-0.39, 0.29) is 12.1 Å². The number of halogens is 1. The summed E-state index contributed by atoms with van der Waals surface area (Å²) in [5, 5.41) is 0. The summed E-state index contributed by atoms with van der Waals surface area (Å²) in [6.07, 6.45) is 3.67. The highest BCUT2D eigenvalue weighted by Gasteiger charge is 2.34. The fourth-order valence-electron chi connectivity index (χ4n) is 3.04. The summed E-state index contributed by atoms with van der Waals surface area (Å²) in [6, 6.07) is 6.39. The molecule has 2 heterocycles. The standard InChI is InChI=1S/C17H20FN3/c1-12-19-9-14(10-20-12)13-4-5-15-16(8-13)21(7-6-18)11-17(15,2)3/h4-5,8-10H,6-7,11H2,1-3H3. The van der Waals surface area contributed by atoms with Crippen LogP contribution < -0.4 is 4.90 Å². The number of anilines is 1. The number of fused-ring (bicyclic) bond motifs is 1. The lowest BCUT2D eigenvalue weighted by atomic mass is 9.86. The second-order valence-corrected chi connectivity index (χ2v) is 6.25. The molecule has 0 fully saturated rings. The highest BCUT2D eigenvalue weighted by molar-refractivity contribution is 5.73. The minimum atomic E-state index is -0.326. The van der Waals surface area contributed by atoms with Crippen LogP contribution in [0.5, 0.6) is 0 Å². The third-order valence-electron chi connectivity index (χ3n) is 4.12. The number of rotatable bonds is 3. The molecule has 2 aromatic rings. The van der Waals surface area contributed by atoms with E-state index in [1.807, 2.05) is 19.3 Å². The van der Waals surface area contributed by atoms with Crippen molar-refractivity contribution >= 4 is 5.69 Å². The Morgan fingerprint density at radius 3 is 2.57 bits per heavy atom. The van der Waals surface area contributed by atoms with Gasteiger partial charge >= 0.3 is 0 Å². The van der Waals surface area contributed by atoms with Gasteiger partial charge in [0, 0.05) is 42.1 Å². The maximum absolute atomic E-state index is 12.8. The predicted molar refractivity (Wildman–Crippen MR) is 83.4 cm³/mol. The van der Waals surface area contributed by atoms with Crippen LogP contribution in [0.4, 0.5) is 10.1 Å². The lowest BCUT2D eigenvalue weighted by Crippen LogP contribution is -2.30. The van der Waals surface area contributed by atoms with Crippen molar-refractivity contribution in [2.24, 2.45) is 0 Å². The molecule has 3 rings (SSSR count). The average Bonchev–Trinajstić information content (AvgIpc) is 2.71. The fraction of sp³-hybridized carbons (Fsp3) is 0.412. The fourth-order valence-corrected chi connectivity index (χ4v) is 3.04. The van der Waals surface area contributed by atoms with Gasteiger partial charge in [-0.1, -0.05) is 26.0 Å². The lowest BCUT2D eigenvalue weighted by Gasteiger charge is -2.21. The molecule has 0 unspecified atom stereocenters. The minimum absolute atomic E-state index is 0.0623. The van der Waals surface area contributed by atoms with Crippen LogP contribution in [-0.2, 0) is 5.41 Å². The van der Waals surface area contributed by atoms with Gasteiger partial charge in [-0.2, -0.15) is 0 Å². The van der Waals surface area contributed by atoms with Crippen LogP contribution in [0.25, 0.3) is 11.1 Å². The second-order valence-electron chi connectivity index (χ2n) is 6.25. The van der Waals surface area contributed by atoms with Crippen molar-refractivity contribution in [3.63, 3.8) is 0 Å². The number of hydrogen-bond acceptors (Lipinski definition) is 3. The van der Waals surface area contributed by atoms with Gasteiger partial charge in [0.05, 0.1) is 0 Å². The number of hydrogen-bond donors (Lipinski definition) is 0. The minimum Gasteiger partial charge on any atom is -0.368 e. The SMILES string of the molecule is Cc1ncc(-c2ccc3c(c2)N(CCF)CC3(C)C)cn1.